The van der Waals surface area contributed by atoms with Crippen molar-refractivity contribution in [2.24, 2.45) is 0 Å². The summed E-state index contributed by atoms with van der Waals surface area (Å²) in [6.45, 7) is -0.707. The zero-order valence-corrected chi connectivity index (χ0v) is 10.2. The van der Waals surface area contributed by atoms with E-state index in [2.05, 4.69) is 0 Å². The average Bonchev–Trinajstić information content (AvgIpc) is 2.37. The molecular weight excluding hydrogens is 280 g/mol. The molecule has 6 N–H and O–H groups in total. The van der Waals surface area contributed by atoms with Gasteiger partial charge in [-0.2, -0.15) is 0 Å². The van der Waals surface area contributed by atoms with E-state index in [0.29, 0.717) is 0 Å². The number of hydrogen-bond donors (Lipinski definition) is 6. The first kappa shape index (κ1) is 16.8. The van der Waals surface area contributed by atoms with Crippen molar-refractivity contribution in [3.05, 3.63) is 0 Å². The Labute approximate surface area is 112 Å². The molecule has 0 aromatic carbocycles. The molecule has 0 spiro atoms. The predicted octanol–water partition coefficient (Wildman–Crippen LogP) is -3.27. The molecule has 0 saturated carbocycles. The highest BCUT2D eigenvalue weighted by atomic mass is 16.7. The molecule has 1 aliphatic rings. The van der Waals surface area contributed by atoms with Crippen LogP contribution in [0.1, 0.15) is 6.42 Å². The van der Waals surface area contributed by atoms with Crippen LogP contribution in [0.3, 0.4) is 0 Å². The number of aliphatic carboxylic acids is 2. The Hall–Kier alpha value is -1.30. The van der Waals surface area contributed by atoms with Crippen molar-refractivity contribution in [1.29, 1.82) is 0 Å². The Bertz CT molecular complexity index is 356. The zero-order chi connectivity index (χ0) is 15.4. The minimum Gasteiger partial charge on any atom is -0.481 e. The van der Waals surface area contributed by atoms with Gasteiger partial charge in [0.1, 0.15) is 24.4 Å². The van der Waals surface area contributed by atoms with E-state index < -0.39 is 61.8 Å². The Kier molecular flexibility index (Phi) is 5.80. The van der Waals surface area contributed by atoms with Gasteiger partial charge in [0.25, 0.3) is 0 Å². The molecule has 10 nitrogen and oxygen atoms in total. The summed E-state index contributed by atoms with van der Waals surface area (Å²) in [4.78, 5) is 21.3. The van der Waals surface area contributed by atoms with Gasteiger partial charge < -0.3 is 40.1 Å². The molecule has 0 aliphatic carbocycles. The number of rotatable bonds is 6. The maximum Gasteiger partial charge on any atom is 0.333 e. The first-order valence-corrected chi connectivity index (χ1v) is 5.68. The van der Waals surface area contributed by atoms with E-state index in [0.717, 1.165) is 0 Å². The lowest BCUT2D eigenvalue weighted by Crippen LogP contribution is -2.60. The Morgan fingerprint density at radius 3 is 2.15 bits per heavy atom. The molecular formula is C10H16O10. The topological polar surface area (TPSA) is 174 Å². The molecule has 116 valence electrons. The normalized spacial score (nSPS) is 35.5. The largest absolute Gasteiger partial charge is 0.481 e. The molecule has 1 aliphatic heterocycles. The van der Waals surface area contributed by atoms with Gasteiger partial charge in [-0.15, -0.1) is 0 Å². The van der Waals surface area contributed by atoms with E-state index in [4.69, 9.17) is 24.8 Å². The van der Waals surface area contributed by atoms with Crippen molar-refractivity contribution < 1.29 is 49.7 Å². The van der Waals surface area contributed by atoms with Crippen LogP contribution in [0.4, 0.5) is 0 Å². The Morgan fingerprint density at radius 1 is 1.10 bits per heavy atom. The highest BCUT2D eigenvalue weighted by Gasteiger charge is 2.45. The van der Waals surface area contributed by atoms with E-state index in [1.165, 1.54) is 0 Å². The third-order valence-electron chi connectivity index (χ3n) is 2.78. The fourth-order valence-electron chi connectivity index (χ4n) is 1.69. The molecule has 0 aromatic rings. The standard InChI is InChI=1S/C10H16O10/c11-2-4-6(14)7(15)8(16)10(20-4)19-3(9(17)18)1-5(12)13/h3-4,6-8,10-11,14-16H,1-2H2,(H,12,13)(H,17,18)/t3-,4?,6-,7-,8?,10?/m0/s1. The van der Waals surface area contributed by atoms with Gasteiger partial charge >= 0.3 is 11.9 Å². The van der Waals surface area contributed by atoms with E-state index in [1.54, 1.807) is 0 Å². The molecule has 20 heavy (non-hydrogen) atoms. The summed E-state index contributed by atoms with van der Waals surface area (Å²) in [5, 5.41) is 54.8. The van der Waals surface area contributed by atoms with Gasteiger partial charge in [-0.05, 0) is 0 Å². The summed E-state index contributed by atoms with van der Waals surface area (Å²) in [5.74, 6) is -3.04. The molecule has 1 fully saturated rings. The van der Waals surface area contributed by atoms with Crippen LogP contribution in [0.2, 0.25) is 0 Å². The number of carboxylic acid groups (broad SMARTS) is 2. The fourth-order valence-corrected chi connectivity index (χ4v) is 1.69. The van der Waals surface area contributed by atoms with E-state index in [-0.39, 0.29) is 0 Å². The molecule has 1 heterocycles. The van der Waals surface area contributed by atoms with Gasteiger partial charge in [-0.3, -0.25) is 4.79 Å². The molecule has 0 aromatic heterocycles. The molecule has 0 radical (unpaired) electrons. The molecule has 0 bridgehead atoms. The maximum atomic E-state index is 10.8. The Balaban J connectivity index is 2.77. The van der Waals surface area contributed by atoms with E-state index in [1.807, 2.05) is 0 Å². The minimum atomic E-state index is -1.81. The fraction of sp³-hybridized carbons (Fsp3) is 0.800. The number of carboxylic acids is 2. The first-order chi connectivity index (χ1) is 9.27. The summed E-state index contributed by atoms with van der Waals surface area (Å²) in [6, 6.07) is 0. The van der Waals surface area contributed by atoms with Gasteiger partial charge in [0.15, 0.2) is 12.4 Å². The molecule has 3 unspecified atom stereocenters. The zero-order valence-electron chi connectivity index (χ0n) is 10.2. The van der Waals surface area contributed by atoms with Crippen LogP contribution in [-0.2, 0) is 19.1 Å². The summed E-state index contributed by atoms with van der Waals surface area (Å²) in [7, 11) is 0. The van der Waals surface area contributed by atoms with Gasteiger partial charge in [0.2, 0.25) is 0 Å². The quantitative estimate of drug-likeness (QED) is 0.292. The minimum absolute atomic E-state index is 0.707. The summed E-state index contributed by atoms with van der Waals surface area (Å²) in [6.07, 6.45) is -10.8. The second-order valence-electron chi connectivity index (χ2n) is 4.26. The molecule has 1 rings (SSSR count). The monoisotopic (exact) mass is 296 g/mol. The van der Waals surface area contributed by atoms with Crippen LogP contribution < -0.4 is 0 Å². The van der Waals surface area contributed by atoms with Crippen LogP contribution >= 0.6 is 0 Å². The lowest BCUT2D eigenvalue weighted by Gasteiger charge is -2.40. The smallest absolute Gasteiger partial charge is 0.333 e. The summed E-state index contributed by atoms with van der Waals surface area (Å²) >= 11 is 0. The highest BCUT2D eigenvalue weighted by molar-refractivity contribution is 5.79. The first-order valence-electron chi connectivity index (χ1n) is 5.68. The second kappa shape index (κ2) is 6.92. The highest BCUT2D eigenvalue weighted by Crippen LogP contribution is 2.23. The van der Waals surface area contributed by atoms with E-state index >= 15 is 0 Å². The van der Waals surface area contributed by atoms with Crippen molar-refractivity contribution in [3.8, 4) is 0 Å². The summed E-state index contributed by atoms with van der Waals surface area (Å²) in [5.41, 5.74) is 0. The van der Waals surface area contributed by atoms with Crippen molar-refractivity contribution in [3.63, 3.8) is 0 Å². The van der Waals surface area contributed by atoms with Crippen molar-refractivity contribution in [2.45, 2.75) is 43.2 Å². The average molecular weight is 296 g/mol. The number of aliphatic hydroxyl groups excluding tert-OH is 4. The molecule has 0 amide bonds. The van der Waals surface area contributed by atoms with Gasteiger partial charge in [0.05, 0.1) is 13.0 Å². The third kappa shape index (κ3) is 3.85. The van der Waals surface area contributed by atoms with Crippen LogP contribution in [0.25, 0.3) is 0 Å². The van der Waals surface area contributed by atoms with Crippen LogP contribution in [0, 0.1) is 0 Å². The summed E-state index contributed by atoms with van der Waals surface area (Å²) < 4.78 is 9.70. The van der Waals surface area contributed by atoms with Crippen molar-refractivity contribution in [1.82, 2.24) is 0 Å². The van der Waals surface area contributed by atoms with Gasteiger partial charge in [-0.25, -0.2) is 4.79 Å². The van der Waals surface area contributed by atoms with Crippen LogP contribution in [0.5, 0.6) is 0 Å². The molecule has 6 atom stereocenters. The number of hydrogen-bond acceptors (Lipinski definition) is 8. The SMILES string of the molecule is O=C(O)C[C@H](OC1OC(CO)[C@H](O)[C@H](O)C1O)C(=O)O. The maximum absolute atomic E-state index is 10.8. The Morgan fingerprint density at radius 2 is 1.70 bits per heavy atom. The number of carbonyl (C=O) groups is 2. The predicted molar refractivity (Wildman–Crippen MR) is 58.5 cm³/mol. The molecule has 1 saturated heterocycles. The second-order valence-corrected chi connectivity index (χ2v) is 4.26. The van der Waals surface area contributed by atoms with Crippen molar-refractivity contribution in [2.75, 3.05) is 6.61 Å². The number of ether oxygens (including phenoxy) is 2. The van der Waals surface area contributed by atoms with Gasteiger partial charge in [-0.1, -0.05) is 0 Å². The van der Waals surface area contributed by atoms with Crippen molar-refractivity contribution >= 4 is 11.9 Å². The third-order valence-corrected chi connectivity index (χ3v) is 2.78. The molecule has 10 heteroatoms. The van der Waals surface area contributed by atoms with Gasteiger partial charge in [0, 0.05) is 0 Å². The van der Waals surface area contributed by atoms with Crippen LogP contribution in [0.15, 0.2) is 0 Å². The van der Waals surface area contributed by atoms with Crippen LogP contribution in [-0.4, -0.2) is 86.0 Å². The lowest BCUT2D eigenvalue weighted by atomic mass is 9.99. The van der Waals surface area contributed by atoms with E-state index in [9.17, 15) is 24.9 Å². The lowest BCUT2D eigenvalue weighted by molar-refractivity contribution is -0.310. The number of aliphatic hydroxyl groups is 4.